The summed E-state index contributed by atoms with van der Waals surface area (Å²) in [7, 11) is 0. The zero-order chi connectivity index (χ0) is 14.1. The highest BCUT2D eigenvalue weighted by Crippen LogP contribution is 2.33. The number of carboxylic acids is 1. The number of rotatable bonds is 3. The number of para-hydroxylation sites is 1. The van der Waals surface area contributed by atoms with Gasteiger partial charge in [-0.05, 0) is 37.1 Å². The van der Waals surface area contributed by atoms with E-state index in [1.807, 2.05) is 24.3 Å². The molecule has 1 amide bonds. The fraction of sp³-hybridized carbons (Fsp3) is 0.467. The highest BCUT2D eigenvalue weighted by molar-refractivity contribution is 6.02. The first-order chi connectivity index (χ1) is 9.66. The van der Waals surface area contributed by atoms with Crippen molar-refractivity contribution in [3.8, 4) is 0 Å². The number of anilines is 1. The van der Waals surface area contributed by atoms with Crippen LogP contribution in [0, 0.1) is 5.92 Å². The first-order valence-electron chi connectivity index (χ1n) is 7.00. The number of nitrogens with one attached hydrogen (secondary N) is 1. The van der Waals surface area contributed by atoms with Crippen molar-refractivity contribution in [2.75, 3.05) is 18.0 Å². The van der Waals surface area contributed by atoms with Gasteiger partial charge >= 0.3 is 5.97 Å². The summed E-state index contributed by atoms with van der Waals surface area (Å²) in [6.45, 7) is 1.79. The lowest BCUT2D eigenvalue weighted by atomic mass is 10.0. The molecule has 0 radical (unpaired) electrons. The van der Waals surface area contributed by atoms with Gasteiger partial charge in [-0.1, -0.05) is 18.2 Å². The Balaban J connectivity index is 1.84. The molecule has 2 aliphatic rings. The van der Waals surface area contributed by atoms with Crippen molar-refractivity contribution in [2.45, 2.75) is 25.3 Å². The molecular formula is C15H18N2O3. The molecule has 5 nitrogen and oxygen atoms in total. The Hall–Kier alpha value is -1.88. The van der Waals surface area contributed by atoms with E-state index >= 15 is 0 Å². The number of hydrogen-bond donors (Lipinski definition) is 2. The van der Waals surface area contributed by atoms with Gasteiger partial charge in [0.2, 0.25) is 5.91 Å². The summed E-state index contributed by atoms with van der Waals surface area (Å²) in [5.74, 6) is -0.681. The highest BCUT2D eigenvalue weighted by atomic mass is 16.4. The van der Waals surface area contributed by atoms with Crippen molar-refractivity contribution in [3.05, 3.63) is 29.8 Å². The third-order valence-corrected chi connectivity index (χ3v) is 4.16. The topological polar surface area (TPSA) is 69.6 Å². The summed E-state index contributed by atoms with van der Waals surface area (Å²) in [5, 5.41) is 12.6. The molecular weight excluding hydrogens is 256 g/mol. The zero-order valence-corrected chi connectivity index (χ0v) is 11.2. The molecule has 0 spiro atoms. The number of hydrogen-bond acceptors (Lipinski definition) is 3. The lowest BCUT2D eigenvalue weighted by Crippen LogP contribution is -2.43. The molecule has 3 rings (SSSR count). The second-order valence-electron chi connectivity index (χ2n) is 5.51. The van der Waals surface area contributed by atoms with Crippen LogP contribution in [0.25, 0.3) is 0 Å². The Morgan fingerprint density at radius 1 is 1.35 bits per heavy atom. The molecule has 106 valence electrons. The van der Waals surface area contributed by atoms with Crippen molar-refractivity contribution < 1.29 is 14.7 Å². The number of nitrogens with zero attached hydrogens (tertiary/aromatic N) is 1. The van der Waals surface area contributed by atoms with E-state index in [0.29, 0.717) is 18.8 Å². The summed E-state index contributed by atoms with van der Waals surface area (Å²) in [4.78, 5) is 25.4. The van der Waals surface area contributed by atoms with Crippen LogP contribution in [0.4, 0.5) is 5.69 Å². The molecule has 0 bridgehead atoms. The molecule has 0 saturated carbocycles. The van der Waals surface area contributed by atoms with Crippen LogP contribution in [0.3, 0.4) is 0 Å². The van der Waals surface area contributed by atoms with Crippen molar-refractivity contribution in [1.29, 1.82) is 0 Å². The van der Waals surface area contributed by atoms with E-state index in [1.165, 1.54) is 4.90 Å². The largest absolute Gasteiger partial charge is 0.480 e. The maximum atomic E-state index is 12.5. The minimum Gasteiger partial charge on any atom is -0.480 e. The average Bonchev–Trinajstić information content (AvgIpc) is 3.04. The van der Waals surface area contributed by atoms with Gasteiger partial charge in [0.1, 0.15) is 6.04 Å². The molecule has 20 heavy (non-hydrogen) atoms. The fourth-order valence-electron chi connectivity index (χ4n) is 3.13. The van der Waals surface area contributed by atoms with Gasteiger partial charge in [0.25, 0.3) is 0 Å². The number of aliphatic carboxylic acids is 1. The first kappa shape index (κ1) is 13.1. The van der Waals surface area contributed by atoms with Crippen LogP contribution in [0.15, 0.2) is 24.3 Å². The van der Waals surface area contributed by atoms with E-state index in [0.717, 1.165) is 30.8 Å². The van der Waals surface area contributed by atoms with Gasteiger partial charge in [-0.2, -0.15) is 0 Å². The Morgan fingerprint density at radius 2 is 2.15 bits per heavy atom. The van der Waals surface area contributed by atoms with Crippen LogP contribution >= 0.6 is 0 Å². The van der Waals surface area contributed by atoms with E-state index < -0.39 is 12.0 Å². The number of carbonyl (C=O) groups is 2. The normalized spacial score (nSPS) is 24.7. The van der Waals surface area contributed by atoms with Gasteiger partial charge in [-0.3, -0.25) is 9.69 Å². The molecule has 1 fully saturated rings. The Labute approximate surface area is 117 Å². The molecule has 5 heteroatoms. The second kappa shape index (κ2) is 5.25. The third kappa shape index (κ3) is 2.29. The number of fused-ring (bicyclic) bond motifs is 1. The van der Waals surface area contributed by atoms with Crippen molar-refractivity contribution in [1.82, 2.24) is 5.32 Å². The van der Waals surface area contributed by atoms with Crippen LogP contribution in [0.1, 0.15) is 18.4 Å². The Kier molecular flexibility index (Phi) is 3.44. The van der Waals surface area contributed by atoms with Crippen LogP contribution in [-0.2, 0) is 16.0 Å². The monoisotopic (exact) mass is 274 g/mol. The van der Waals surface area contributed by atoms with E-state index in [-0.39, 0.29) is 5.91 Å². The SMILES string of the molecule is O=C(O)C1Cc2ccccc2N1C(=O)CC1CCNC1. The van der Waals surface area contributed by atoms with Gasteiger partial charge in [-0.15, -0.1) is 0 Å². The second-order valence-corrected chi connectivity index (χ2v) is 5.51. The summed E-state index contributed by atoms with van der Waals surface area (Å²) in [6.07, 6.45) is 1.81. The lowest BCUT2D eigenvalue weighted by Gasteiger charge is -2.24. The maximum absolute atomic E-state index is 12.5. The average molecular weight is 274 g/mol. The minimum atomic E-state index is -0.931. The molecule has 2 atom stereocenters. The fourth-order valence-corrected chi connectivity index (χ4v) is 3.13. The molecule has 2 N–H and O–H groups in total. The summed E-state index contributed by atoms with van der Waals surface area (Å²) >= 11 is 0. The van der Waals surface area contributed by atoms with E-state index in [9.17, 15) is 14.7 Å². The molecule has 1 saturated heterocycles. The lowest BCUT2D eigenvalue weighted by molar-refractivity contribution is -0.140. The Morgan fingerprint density at radius 3 is 2.85 bits per heavy atom. The van der Waals surface area contributed by atoms with E-state index in [2.05, 4.69) is 5.32 Å². The van der Waals surface area contributed by atoms with Gasteiger partial charge in [-0.25, -0.2) is 4.79 Å². The Bertz CT molecular complexity index is 538. The molecule has 1 aromatic carbocycles. The van der Waals surface area contributed by atoms with Gasteiger partial charge in [0, 0.05) is 18.5 Å². The third-order valence-electron chi connectivity index (χ3n) is 4.16. The van der Waals surface area contributed by atoms with Crippen molar-refractivity contribution >= 4 is 17.6 Å². The summed E-state index contributed by atoms with van der Waals surface area (Å²) in [6, 6.07) is 6.71. The van der Waals surface area contributed by atoms with Crippen molar-refractivity contribution in [3.63, 3.8) is 0 Å². The van der Waals surface area contributed by atoms with Crippen LogP contribution in [-0.4, -0.2) is 36.1 Å². The molecule has 0 aromatic heterocycles. The van der Waals surface area contributed by atoms with Crippen LogP contribution in [0.5, 0.6) is 0 Å². The number of carboxylic acid groups (broad SMARTS) is 1. The van der Waals surface area contributed by atoms with Gasteiger partial charge in [0.15, 0.2) is 0 Å². The first-order valence-corrected chi connectivity index (χ1v) is 7.00. The molecule has 2 heterocycles. The maximum Gasteiger partial charge on any atom is 0.327 e. The number of carbonyl (C=O) groups excluding carboxylic acids is 1. The standard InChI is InChI=1S/C15H18N2O3/c18-14(7-10-5-6-16-9-10)17-12-4-2-1-3-11(12)8-13(17)15(19)20/h1-4,10,13,16H,5-9H2,(H,19,20). The summed E-state index contributed by atoms with van der Waals surface area (Å²) < 4.78 is 0. The smallest absolute Gasteiger partial charge is 0.327 e. The van der Waals surface area contributed by atoms with Gasteiger partial charge < -0.3 is 10.4 Å². The predicted octanol–water partition coefficient (Wildman–Crippen LogP) is 1.03. The van der Waals surface area contributed by atoms with Crippen LogP contribution in [0.2, 0.25) is 0 Å². The van der Waals surface area contributed by atoms with Crippen LogP contribution < -0.4 is 10.2 Å². The van der Waals surface area contributed by atoms with Crippen molar-refractivity contribution in [2.24, 2.45) is 5.92 Å². The number of benzene rings is 1. The van der Waals surface area contributed by atoms with E-state index in [4.69, 9.17) is 0 Å². The quantitative estimate of drug-likeness (QED) is 0.863. The predicted molar refractivity (Wildman–Crippen MR) is 74.6 cm³/mol. The van der Waals surface area contributed by atoms with E-state index in [1.54, 1.807) is 0 Å². The molecule has 0 aliphatic carbocycles. The zero-order valence-electron chi connectivity index (χ0n) is 11.2. The number of amides is 1. The summed E-state index contributed by atoms with van der Waals surface area (Å²) in [5.41, 5.74) is 1.70. The molecule has 1 aromatic rings. The highest BCUT2D eigenvalue weighted by Gasteiger charge is 2.38. The van der Waals surface area contributed by atoms with Gasteiger partial charge in [0.05, 0.1) is 0 Å². The molecule has 2 unspecified atom stereocenters. The molecule has 2 aliphatic heterocycles. The minimum absolute atomic E-state index is 0.0731.